The maximum absolute atomic E-state index is 10.6. The molecule has 0 fully saturated rings. The van der Waals surface area contributed by atoms with Crippen LogP contribution in [0.4, 0.5) is 0 Å². The number of esters is 2. The van der Waals surface area contributed by atoms with Gasteiger partial charge in [0, 0.05) is 11.5 Å². The second-order valence-electron chi connectivity index (χ2n) is 4.58. The van der Waals surface area contributed by atoms with Gasteiger partial charge in [-0.3, -0.25) is 0 Å². The van der Waals surface area contributed by atoms with Crippen LogP contribution < -0.4 is 10.2 Å². The summed E-state index contributed by atoms with van der Waals surface area (Å²) in [5, 5.41) is 73.5. The fourth-order valence-corrected chi connectivity index (χ4v) is 1.63. The fraction of sp³-hybridized carbons (Fsp3) is 0.500. The molecule has 4 atom stereocenters. The summed E-state index contributed by atoms with van der Waals surface area (Å²) in [5.41, 5.74) is 0. The molecule has 2 rings (SSSR count). The Kier molecular flexibility index (Phi) is 8.69. The molecular formula is C12H14MnO12. The van der Waals surface area contributed by atoms with Crippen molar-refractivity contribution in [2.45, 2.75) is 24.4 Å². The van der Waals surface area contributed by atoms with Crippen molar-refractivity contribution in [2.75, 3.05) is 13.2 Å². The van der Waals surface area contributed by atoms with Gasteiger partial charge >= 0.3 is 29.0 Å². The van der Waals surface area contributed by atoms with Crippen LogP contribution in [0.3, 0.4) is 0 Å². The molecule has 0 aromatic carbocycles. The summed E-state index contributed by atoms with van der Waals surface area (Å²) in [7, 11) is 0. The summed E-state index contributed by atoms with van der Waals surface area (Å²) in [6.07, 6.45) is -5.76. The Morgan fingerprint density at radius 3 is 1.28 bits per heavy atom. The summed E-state index contributed by atoms with van der Waals surface area (Å²) >= 11 is 0. The number of hydrogen-bond donors (Lipinski definition) is 6. The Bertz CT molecular complexity index is 520. The van der Waals surface area contributed by atoms with Crippen LogP contribution in [-0.4, -0.2) is 80.2 Å². The van der Waals surface area contributed by atoms with Gasteiger partial charge in [-0.25, -0.2) is 9.59 Å². The van der Waals surface area contributed by atoms with Gasteiger partial charge in [0.05, 0.1) is 13.2 Å². The molecule has 2 aliphatic heterocycles. The van der Waals surface area contributed by atoms with E-state index in [1.54, 1.807) is 0 Å². The van der Waals surface area contributed by atoms with Crippen LogP contribution in [0.1, 0.15) is 0 Å². The largest absolute Gasteiger partial charge is 2.00 e. The summed E-state index contributed by atoms with van der Waals surface area (Å²) in [6.45, 7) is -1.40. The predicted octanol–water partition coefficient (Wildman–Crippen LogP) is -5.21. The van der Waals surface area contributed by atoms with Crippen LogP contribution in [-0.2, 0) is 36.1 Å². The minimum atomic E-state index is -1.46. The van der Waals surface area contributed by atoms with E-state index in [1.165, 1.54) is 0 Å². The first-order valence-corrected chi connectivity index (χ1v) is 6.35. The molecule has 2 aliphatic rings. The number of ether oxygens (including phenoxy) is 2. The zero-order chi connectivity index (χ0) is 18.6. The van der Waals surface area contributed by atoms with Gasteiger partial charge in [0.2, 0.25) is 0 Å². The second-order valence-corrected chi connectivity index (χ2v) is 4.58. The molecule has 0 saturated carbocycles. The summed E-state index contributed by atoms with van der Waals surface area (Å²) in [6, 6.07) is 0. The van der Waals surface area contributed by atoms with E-state index in [2.05, 4.69) is 9.47 Å². The molecule has 2 heterocycles. The average molecular weight is 405 g/mol. The average Bonchev–Trinajstić information content (AvgIpc) is 2.98. The van der Waals surface area contributed by atoms with Crippen molar-refractivity contribution >= 4 is 11.9 Å². The molecule has 1 radical (unpaired) electrons. The smallest absolute Gasteiger partial charge is 0.865 e. The third-order valence-corrected chi connectivity index (χ3v) is 2.92. The molecule has 25 heavy (non-hydrogen) atoms. The Balaban J connectivity index is 0.000000443. The first-order valence-electron chi connectivity index (χ1n) is 6.35. The van der Waals surface area contributed by atoms with E-state index in [9.17, 15) is 19.8 Å². The zero-order valence-electron chi connectivity index (χ0n) is 12.2. The second kappa shape index (κ2) is 9.46. The molecule has 0 aromatic rings. The molecule has 0 saturated heterocycles. The first kappa shape index (κ1) is 23.0. The SMILES string of the molecule is O=C1O[C@H]([C@@H](O)CO)C(O)=C1[O-].O=C1O[C@H]([C@@H](O)CO)C(O)=C1[O-].[Mn+2]. The van der Waals surface area contributed by atoms with Crippen molar-refractivity contribution in [1.82, 2.24) is 0 Å². The first-order chi connectivity index (χ1) is 11.1. The van der Waals surface area contributed by atoms with Gasteiger partial charge in [0.15, 0.2) is 12.2 Å². The van der Waals surface area contributed by atoms with E-state index in [0.29, 0.717) is 0 Å². The van der Waals surface area contributed by atoms with Gasteiger partial charge in [-0.15, -0.1) is 0 Å². The van der Waals surface area contributed by atoms with E-state index in [-0.39, 0.29) is 17.1 Å². The van der Waals surface area contributed by atoms with Crippen LogP contribution in [0.25, 0.3) is 0 Å². The molecule has 0 aromatic heterocycles. The Labute approximate surface area is 150 Å². The summed E-state index contributed by atoms with van der Waals surface area (Å²) in [4.78, 5) is 20.9. The quantitative estimate of drug-likeness (QED) is 0.191. The third-order valence-electron chi connectivity index (χ3n) is 2.92. The number of carbonyl (C=O) groups is 2. The molecule has 12 nitrogen and oxygen atoms in total. The van der Waals surface area contributed by atoms with Crippen LogP contribution in [0, 0.1) is 0 Å². The number of carbonyl (C=O) groups excluding carboxylic acids is 2. The van der Waals surface area contributed by atoms with Crippen molar-refractivity contribution in [1.29, 1.82) is 0 Å². The van der Waals surface area contributed by atoms with Gasteiger partial charge in [0.1, 0.15) is 23.7 Å². The maximum atomic E-state index is 10.6. The van der Waals surface area contributed by atoms with E-state index in [1.807, 2.05) is 0 Å². The van der Waals surface area contributed by atoms with E-state index in [4.69, 9.17) is 30.6 Å². The van der Waals surface area contributed by atoms with Crippen LogP contribution >= 0.6 is 0 Å². The van der Waals surface area contributed by atoms with Gasteiger partial charge in [-0.1, -0.05) is 0 Å². The van der Waals surface area contributed by atoms with Crippen molar-refractivity contribution in [3.63, 3.8) is 0 Å². The molecule has 13 heteroatoms. The Hall–Kier alpha value is -2.02. The minimum absolute atomic E-state index is 0. The van der Waals surface area contributed by atoms with Crippen molar-refractivity contribution < 1.29 is 77.0 Å². The number of aliphatic hydroxyl groups is 6. The molecule has 0 bridgehead atoms. The van der Waals surface area contributed by atoms with E-state index >= 15 is 0 Å². The number of rotatable bonds is 4. The van der Waals surface area contributed by atoms with E-state index in [0.717, 1.165) is 0 Å². The Morgan fingerprint density at radius 1 is 0.840 bits per heavy atom. The minimum Gasteiger partial charge on any atom is -0.865 e. The normalized spacial score (nSPS) is 24.8. The van der Waals surface area contributed by atoms with Gasteiger partial charge < -0.3 is 50.3 Å². The fourth-order valence-electron chi connectivity index (χ4n) is 1.63. The van der Waals surface area contributed by atoms with Gasteiger partial charge in [-0.2, -0.15) is 0 Å². The number of aliphatic hydroxyl groups excluding tert-OH is 6. The van der Waals surface area contributed by atoms with Crippen molar-refractivity contribution in [3.8, 4) is 0 Å². The molecule has 0 amide bonds. The molecule has 0 spiro atoms. The summed E-state index contributed by atoms with van der Waals surface area (Å²) in [5.74, 6) is -6.50. The number of cyclic esters (lactones) is 2. The van der Waals surface area contributed by atoms with Crippen molar-refractivity contribution in [3.05, 3.63) is 23.0 Å². The molecule has 141 valence electrons. The predicted molar refractivity (Wildman–Crippen MR) is 65.3 cm³/mol. The molecular weight excluding hydrogens is 391 g/mol. The van der Waals surface area contributed by atoms with Gasteiger partial charge in [-0.05, 0) is 0 Å². The zero-order valence-corrected chi connectivity index (χ0v) is 13.4. The van der Waals surface area contributed by atoms with Crippen LogP contribution in [0.2, 0.25) is 0 Å². The standard InChI is InChI=1S/2C6H8O6.Mn/c2*7-1-2(8)5-3(9)4(10)6(11)12-5;/h2*2,5,7-10H,1H2;/q;;+2/p-2/t2*2-,5+;/m00./s1. The molecule has 6 N–H and O–H groups in total. The topological polar surface area (TPSA) is 220 Å². The van der Waals surface area contributed by atoms with Crippen molar-refractivity contribution in [2.24, 2.45) is 0 Å². The van der Waals surface area contributed by atoms with Crippen LogP contribution in [0.15, 0.2) is 23.0 Å². The monoisotopic (exact) mass is 405 g/mol. The molecule has 0 unspecified atom stereocenters. The maximum Gasteiger partial charge on any atom is 2.00 e. The van der Waals surface area contributed by atoms with Crippen LogP contribution in [0.5, 0.6) is 0 Å². The molecule has 0 aliphatic carbocycles. The van der Waals surface area contributed by atoms with E-state index < -0.39 is 72.6 Å². The van der Waals surface area contributed by atoms with Gasteiger partial charge in [0.25, 0.3) is 0 Å². The Morgan fingerprint density at radius 2 is 1.12 bits per heavy atom. The number of hydrogen-bond acceptors (Lipinski definition) is 12. The summed E-state index contributed by atoms with van der Waals surface area (Å²) < 4.78 is 8.51. The third kappa shape index (κ3) is 4.98.